The van der Waals surface area contributed by atoms with Crippen LogP contribution in [0.15, 0.2) is 66.7 Å². The minimum atomic E-state index is -4.66. The normalized spacial score (nSPS) is 27.4. The van der Waals surface area contributed by atoms with E-state index in [1.54, 1.807) is 0 Å². The highest BCUT2D eigenvalue weighted by Crippen LogP contribution is 2.66. The molecule has 3 aromatic rings. The quantitative estimate of drug-likeness (QED) is 0.307. The van der Waals surface area contributed by atoms with Gasteiger partial charge in [-0.1, -0.05) is 60.1 Å². The highest BCUT2D eigenvalue weighted by Gasteiger charge is 2.68. The highest BCUT2D eigenvalue weighted by molar-refractivity contribution is 6.38. The predicted octanol–water partition coefficient (Wildman–Crippen LogP) is 6.11. The zero-order chi connectivity index (χ0) is 23.3. The molecule has 166 valence electrons. The molecule has 1 aliphatic heterocycles. The maximum Gasteiger partial charge on any atom is 0.416 e. The molecule has 0 radical (unpaired) electrons. The second-order valence-corrected chi connectivity index (χ2v) is 9.55. The van der Waals surface area contributed by atoms with Gasteiger partial charge in [-0.3, -0.25) is 9.59 Å². The van der Waals surface area contributed by atoms with Crippen molar-refractivity contribution in [2.45, 2.75) is 17.0 Å². The Kier molecular flexibility index (Phi) is 4.16. The van der Waals surface area contributed by atoms with E-state index in [9.17, 15) is 22.8 Å². The van der Waals surface area contributed by atoms with E-state index in [-0.39, 0.29) is 10.7 Å². The number of carbonyl (C=O) groups excluding carboxylic acids is 2. The molecule has 3 aliphatic carbocycles. The lowest BCUT2D eigenvalue weighted by Gasteiger charge is -2.50. The van der Waals surface area contributed by atoms with Crippen LogP contribution in [-0.2, 0) is 20.6 Å². The van der Waals surface area contributed by atoms with Crippen LogP contribution in [0.25, 0.3) is 0 Å². The van der Waals surface area contributed by atoms with E-state index in [4.69, 9.17) is 23.2 Å². The molecule has 33 heavy (non-hydrogen) atoms. The van der Waals surface area contributed by atoms with Crippen LogP contribution >= 0.6 is 23.2 Å². The maximum absolute atomic E-state index is 13.8. The molecular formula is C25H14Cl2F3NO2. The lowest BCUT2D eigenvalue weighted by atomic mass is 9.54. The fourth-order valence-corrected chi connectivity index (χ4v) is 6.55. The number of alkyl halides is 4. The van der Waals surface area contributed by atoms with Crippen LogP contribution in [0.2, 0.25) is 5.02 Å². The highest BCUT2D eigenvalue weighted by atomic mass is 35.5. The fourth-order valence-electron chi connectivity index (χ4n) is 5.78. The first kappa shape index (κ1) is 20.8. The summed E-state index contributed by atoms with van der Waals surface area (Å²) in [6, 6.07) is 17.4. The first-order chi connectivity index (χ1) is 15.7. The first-order valence-electron chi connectivity index (χ1n) is 10.3. The molecule has 0 saturated carbocycles. The molecule has 7 rings (SSSR count). The number of rotatable bonds is 1. The zero-order valence-corrected chi connectivity index (χ0v) is 18.2. The minimum absolute atomic E-state index is 0.116. The monoisotopic (exact) mass is 487 g/mol. The van der Waals surface area contributed by atoms with Crippen LogP contribution < -0.4 is 4.90 Å². The minimum Gasteiger partial charge on any atom is -0.274 e. The summed E-state index contributed by atoms with van der Waals surface area (Å²) in [5.74, 6) is -3.48. The molecule has 3 nitrogen and oxygen atoms in total. The third-order valence-corrected chi connectivity index (χ3v) is 7.99. The average Bonchev–Trinajstić information content (AvgIpc) is 3.05. The van der Waals surface area contributed by atoms with Crippen molar-refractivity contribution >= 4 is 40.7 Å². The molecule has 3 aromatic carbocycles. The molecule has 0 unspecified atom stereocenters. The van der Waals surface area contributed by atoms with E-state index in [2.05, 4.69) is 0 Å². The SMILES string of the molecule is O=C1[C@H]2C3c4ccccc4C(Cl)(c4ccccc43)[C@H]2C(=O)N1c1cc(C(F)(F)F)ccc1Cl. The second kappa shape index (κ2) is 6.61. The Bertz CT molecular complexity index is 1320. The Balaban J connectivity index is 1.58. The van der Waals surface area contributed by atoms with Crippen molar-refractivity contribution in [3.63, 3.8) is 0 Å². The summed E-state index contributed by atoms with van der Waals surface area (Å²) in [5.41, 5.74) is 1.93. The van der Waals surface area contributed by atoms with E-state index in [1.807, 2.05) is 48.5 Å². The van der Waals surface area contributed by atoms with Gasteiger partial charge in [0, 0.05) is 5.92 Å². The van der Waals surface area contributed by atoms with Gasteiger partial charge in [-0.05, 0) is 40.5 Å². The van der Waals surface area contributed by atoms with Crippen LogP contribution in [0, 0.1) is 11.8 Å². The van der Waals surface area contributed by atoms with Crippen molar-refractivity contribution < 1.29 is 22.8 Å². The smallest absolute Gasteiger partial charge is 0.274 e. The summed E-state index contributed by atoms with van der Waals surface area (Å²) in [7, 11) is 0. The van der Waals surface area contributed by atoms with Crippen LogP contribution in [-0.4, -0.2) is 11.8 Å². The summed E-state index contributed by atoms with van der Waals surface area (Å²) >= 11 is 13.5. The number of hydrogen-bond donors (Lipinski definition) is 0. The molecule has 0 N–H and O–H groups in total. The number of halogens is 5. The van der Waals surface area contributed by atoms with Gasteiger partial charge in [-0.2, -0.15) is 13.2 Å². The summed E-state index contributed by atoms with van der Waals surface area (Å²) < 4.78 is 40.1. The van der Waals surface area contributed by atoms with Crippen molar-refractivity contribution in [2.24, 2.45) is 11.8 Å². The fraction of sp³-hybridized carbons (Fsp3) is 0.200. The molecule has 1 heterocycles. The zero-order valence-electron chi connectivity index (χ0n) is 16.7. The Hall–Kier alpha value is -2.83. The van der Waals surface area contributed by atoms with Gasteiger partial charge in [0.25, 0.3) is 0 Å². The molecule has 2 bridgehead atoms. The van der Waals surface area contributed by atoms with Crippen molar-refractivity contribution in [1.29, 1.82) is 0 Å². The van der Waals surface area contributed by atoms with Crippen molar-refractivity contribution in [3.05, 3.63) is 99.6 Å². The van der Waals surface area contributed by atoms with Gasteiger partial charge in [0.1, 0.15) is 4.87 Å². The van der Waals surface area contributed by atoms with Gasteiger partial charge in [-0.15, -0.1) is 11.6 Å². The lowest BCUT2D eigenvalue weighted by molar-refractivity contribution is -0.137. The number of imide groups is 1. The van der Waals surface area contributed by atoms with E-state index in [0.717, 1.165) is 45.4 Å². The number of nitrogens with zero attached hydrogens (tertiary/aromatic N) is 1. The van der Waals surface area contributed by atoms with Crippen molar-refractivity contribution in [1.82, 2.24) is 0 Å². The Morgan fingerprint density at radius 2 is 1.42 bits per heavy atom. The Morgan fingerprint density at radius 1 is 0.848 bits per heavy atom. The topological polar surface area (TPSA) is 37.4 Å². The molecule has 8 heteroatoms. The Morgan fingerprint density at radius 3 is 2.00 bits per heavy atom. The third-order valence-electron chi connectivity index (χ3n) is 7.03. The molecule has 0 aromatic heterocycles. The largest absolute Gasteiger partial charge is 0.416 e. The average molecular weight is 488 g/mol. The van der Waals surface area contributed by atoms with Crippen LogP contribution in [0.4, 0.5) is 18.9 Å². The van der Waals surface area contributed by atoms with E-state index >= 15 is 0 Å². The number of hydrogen-bond acceptors (Lipinski definition) is 2. The first-order valence-corrected chi connectivity index (χ1v) is 11.0. The van der Waals surface area contributed by atoms with Crippen molar-refractivity contribution in [2.75, 3.05) is 4.90 Å². The van der Waals surface area contributed by atoms with Crippen LogP contribution in [0.5, 0.6) is 0 Å². The van der Waals surface area contributed by atoms with Gasteiger partial charge in [0.05, 0.1) is 28.1 Å². The molecule has 2 amide bonds. The van der Waals surface area contributed by atoms with Gasteiger partial charge < -0.3 is 0 Å². The molecule has 1 saturated heterocycles. The number of carbonyl (C=O) groups is 2. The van der Waals surface area contributed by atoms with E-state index in [0.29, 0.717) is 0 Å². The van der Waals surface area contributed by atoms with Crippen molar-refractivity contribution in [3.8, 4) is 0 Å². The van der Waals surface area contributed by atoms with Crippen LogP contribution in [0.3, 0.4) is 0 Å². The van der Waals surface area contributed by atoms with Crippen LogP contribution in [0.1, 0.15) is 33.7 Å². The molecule has 4 aliphatic rings. The third kappa shape index (κ3) is 2.53. The van der Waals surface area contributed by atoms with Gasteiger partial charge in [-0.25, -0.2) is 4.90 Å². The van der Waals surface area contributed by atoms with Gasteiger partial charge >= 0.3 is 6.18 Å². The van der Waals surface area contributed by atoms with Gasteiger partial charge in [0.2, 0.25) is 11.8 Å². The maximum atomic E-state index is 13.8. The van der Waals surface area contributed by atoms with E-state index in [1.165, 1.54) is 0 Å². The summed E-state index contributed by atoms with van der Waals surface area (Å²) in [6.07, 6.45) is -4.66. The molecular weight excluding hydrogens is 474 g/mol. The Labute approximate surface area is 196 Å². The van der Waals surface area contributed by atoms with Gasteiger partial charge in [0.15, 0.2) is 0 Å². The predicted molar refractivity (Wildman–Crippen MR) is 117 cm³/mol. The number of anilines is 1. The lowest BCUT2D eigenvalue weighted by Crippen LogP contribution is -2.50. The second-order valence-electron chi connectivity index (χ2n) is 8.54. The summed E-state index contributed by atoms with van der Waals surface area (Å²) in [4.78, 5) is 27.0. The standard InChI is InChI=1S/C25H14Cl2F3NO2/c26-17-10-9-12(25(28,29)30)11-18(17)31-22(32)20-19-13-5-1-3-7-15(13)24(27,21(20)23(31)33)16-8-4-2-6-14(16)19/h1-11,19-21H/t19?,20-,21+,24?/m0/s1. The molecule has 1 fully saturated rings. The molecule has 2 atom stereocenters. The number of amides is 2. The van der Waals surface area contributed by atoms with E-state index < -0.39 is 46.2 Å². The summed E-state index contributed by atoms with van der Waals surface area (Å²) in [6.45, 7) is 0. The molecule has 0 spiro atoms. The summed E-state index contributed by atoms with van der Waals surface area (Å²) in [5, 5.41) is -0.116. The number of benzene rings is 3.